The van der Waals surface area contributed by atoms with Crippen molar-refractivity contribution < 1.29 is 26.9 Å². The molecule has 0 aliphatic carbocycles. The van der Waals surface area contributed by atoms with Crippen molar-refractivity contribution in [2.24, 2.45) is 0 Å². The molecule has 0 aliphatic heterocycles. The molecule has 0 atom stereocenters. The van der Waals surface area contributed by atoms with Gasteiger partial charge in [0.05, 0.1) is 6.61 Å². The quantitative estimate of drug-likeness (QED) is 0.304. The largest absolute Gasteiger partial charge is 0.465 e. The zero-order valence-corrected chi connectivity index (χ0v) is 18.2. The lowest BCUT2D eigenvalue weighted by atomic mass is 10.2. The Morgan fingerprint density at radius 2 is 1.74 bits per heavy atom. The number of carbonyl (C=O) groups is 2. The maximum Gasteiger partial charge on any atom is 0.375 e. The summed E-state index contributed by atoms with van der Waals surface area (Å²) >= 11 is 1.26. The molecule has 31 heavy (non-hydrogen) atoms. The van der Waals surface area contributed by atoms with Crippen LogP contribution in [-0.4, -0.2) is 41.9 Å². The number of ether oxygens (including phenoxy) is 1. The molecule has 1 aromatic carbocycles. The minimum Gasteiger partial charge on any atom is -0.465 e. The highest BCUT2D eigenvalue weighted by atomic mass is 32.2. The maximum absolute atomic E-state index is 12.4. The van der Waals surface area contributed by atoms with Crippen LogP contribution in [0, 0.1) is 6.92 Å². The predicted octanol–water partition coefficient (Wildman–Crippen LogP) is 2.37. The molecule has 0 fully saturated rings. The van der Waals surface area contributed by atoms with E-state index in [-0.39, 0.29) is 23.9 Å². The molecule has 0 spiro atoms. The predicted molar refractivity (Wildman–Crippen MR) is 111 cm³/mol. The van der Waals surface area contributed by atoms with E-state index in [4.69, 9.17) is 8.92 Å². The van der Waals surface area contributed by atoms with Crippen molar-refractivity contribution >= 4 is 38.5 Å². The first-order valence-corrected chi connectivity index (χ1v) is 11.2. The Hall–Kier alpha value is -3.38. The number of aryl methyl sites for hydroxylation is 1. The molecule has 2 heterocycles. The zero-order chi connectivity index (χ0) is 22.4. The summed E-state index contributed by atoms with van der Waals surface area (Å²) in [6, 6.07) is 5.55. The van der Waals surface area contributed by atoms with E-state index in [9.17, 15) is 18.0 Å². The van der Waals surface area contributed by atoms with Crippen LogP contribution in [-0.2, 0) is 26.1 Å². The van der Waals surface area contributed by atoms with Crippen LogP contribution in [0.3, 0.4) is 0 Å². The minimum absolute atomic E-state index is 0.0164. The Morgan fingerprint density at radius 3 is 2.39 bits per heavy atom. The summed E-state index contributed by atoms with van der Waals surface area (Å²) in [5.74, 6) is -0.760. The van der Waals surface area contributed by atoms with Gasteiger partial charge in [0.1, 0.15) is 5.75 Å². The van der Waals surface area contributed by atoms with Crippen molar-refractivity contribution in [3.63, 3.8) is 0 Å². The fourth-order valence-corrected chi connectivity index (χ4v) is 3.87. The number of amides is 1. The van der Waals surface area contributed by atoms with Gasteiger partial charge in [-0.3, -0.25) is 14.9 Å². The Balaban J connectivity index is 1.59. The Morgan fingerprint density at radius 1 is 1.06 bits per heavy atom. The summed E-state index contributed by atoms with van der Waals surface area (Å²) in [4.78, 5) is 35.6. The summed E-state index contributed by atoms with van der Waals surface area (Å²) in [5.41, 5.74) is 0.999. The first kappa shape index (κ1) is 22.3. The standard InChI is InChI=1S/C19H18N4O6S2/c1-12-9-21-19(22-10-12)31(26,27)29-15-5-3-14(4-6-15)17(25)23-18-20-11-16(30-18)7-8-28-13(2)24/h3-6,9-11H,7-8H2,1-2H3,(H,20,23,25). The van der Waals surface area contributed by atoms with Gasteiger partial charge in [-0.05, 0) is 36.8 Å². The van der Waals surface area contributed by atoms with E-state index >= 15 is 0 Å². The van der Waals surface area contributed by atoms with Gasteiger partial charge in [-0.1, -0.05) is 0 Å². The van der Waals surface area contributed by atoms with Gasteiger partial charge in [0, 0.05) is 42.4 Å². The zero-order valence-electron chi connectivity index (χ0n) is 16.6. The smallest absolute Gasteiger partial charge is 0.375 e. The topological polar surface area (TPSA) is 137 Å². The van der Waals surface area contributed by atoms with Gasteiger partial charge in [0.25, 0.3) is 11.1 Å². The van der Waals surface area contributed by atoms with Gasteiger partial charge >= 0.3 is 16.1 Å². The molecule has 10 nitrogen and oxygen atoms in total. The van der Waals surface area contributed by atoms with E-state index < -0.39 is 21.2 Å². The molecule has 162 valence electrons. The normalized spacial score (nSPS) is 11.0. The highest BCUT2D eigenvalue weighted by Crippen LogP contribution is 2.21. The maximum atomic E-state index is 12.4. The highest BCUT2D eigenvalue weighted by molar-refractivity contribution is 7.86. The van der Waals surface area contributed by atoms with Gasteiger partial charge in [-0.2, -0.15) is 8.42 Å². The Kier molecular flexibility index (Phi) is 6.92. The molecule has 3 rings (SSSR count). The monoisotopic (exact) mass is 462 g/mol. The van der Waals surface area contributed by atoms with Crippen LogP contribution < -0.4 is 9.50 Å². The van der Waals surface area contributed by atoms with Crippen LogP contribution >= 0.6 is 11.3 Å². The number of anilines is 1. The summed E-state index contributed by atoms with van der Waals surface area (Å²) in [6.07, 6.45) is 4.84. The van der Waals surface area contributed by atoms with Crippen LogP contribution in [0.25, 0.3) is 0 Å². The third-order valence-corrected chi connectivity index (χ3v) is 5.77. The molecule has 0 saturated carbocycles. The fourth-order valence-electron chi connectivity index (χ4n) is 2.28. The number of thiazole rings is 1. The number of rotatable bonds is 8. The van der Waals surface area contributed by atoms with Crippen LogP contribution in [0.2, 0.25) is 0 Å². The fraction of sp³-hybridized carbons (Fsp3) is 0.211. The Bertz CT molecular complexity index is 1170. The van der Waals surface area contributed by atoms with Crippen molar-refractivity contribution in [2.45, 2.75) is 25.4 Å². The lowest BCUT2D eigenvalue weighted by molar-refractivity contribution is -0.140. The number of aromatic nitrogens is 3. The summed E-state index contributed by atoms with van der Waals surface area (Å²) in [5, 5.41) is 2.60. The van der Waals surface area contributed by atoms with E-state index in [0.717, 1.165) is 4.88 Å². The van der Waals surface area contributed by atoms with Gasteiger partial charge in [-0.25, -0.2) is 15.0 Å². The van der Waals surface area contributed by atoms with Gasteiger partial charge in [-0.15, -0.1) is 11.3 Å². The average Bonchev–Trinajstić information content (AvgIpc) is 3.15. The molecule has 12 heteroatoms. The van der Waals surface area contributed by atoms with Crippen LogP contribution in [0.1, 0.15) is 27.7 Å². The van der Waals surface area contributed by atoms with Crippen molar-refractivity contribution in [2.75, 3.05) is 11.9 Å². The summed E-state index contributed by atoms with van der Waals surface area (Å²) in [7, 11) is -4.18. The molecular formula is C19H18N4O6S2. The molecule has 1 N–H and O–H groups in total. The Labute approximate surface area is 182 Å². The van der Waals surface area contributed by atoms with Crippen molar-refractivity contribution in [1.82, 2.24) is 15.0 Å². The first-order valence-electron chi connectivity index (χ1n) is 8.95. The molecule has 0 radical (unpaired) electrons. The average molecular weight is 463 g/mol. The van der Waals surface area contributed by atoms with Crippen LogP contribution in [0.4, 0.5) is 5.13 Å². The number of hydrogen-bond donors (Lipinski definition) is 1. The third-order valence-electron chi connectivity index (χ3n) is 3.73. The number of esters is 1. The minimum atomic E-state index is -4.18. The number of carbonyl (C=O) groups excluding carboxylic acids is 2. The second-order valence-electron chi connectivity index (χ2n) is 6.28. The number of nitrogens with zero attached hydrogens (tertiary/aromatic N) is 3. The number of hydrogen-bond acceptors (Lipinski definition) is 10. The molecule has 0 aliphatic rings. The van der Waals surface area contributed by atoms with E-state index in [1.165, 1.54) is 54.9 Å². The number of benzene rings is 1. The van der Waals surface area contributed by atoms with E-state index in [0.29, 0.717) is 17.1 Å². The van der Waals surface area contributed by atoms with E-state index in [1.807, 2.05) is 0 Å². The molecule has 3 aromatic rings. The lowest BCUT2D eigenvalue weighted by Gasteiger charge is -2.07. The van der Waals surface area contributed by atoms with E-state index in [2.05, 4.69) is 20.3 Å². The second kappa shape index (κ2) is 9.62. The summed E-state index contributed by atoms with van der Waals surface area (Å²) < 4.78 is 34.3. The van der Waals surface area contributed by atoms with Gasteiger partial charge in [0.15, 0.2) is 5.13 Å². The highest BCUT2D eigenvalue weighted by Gasteiger charge is 2.20. The van der Waals surface area contributed by atoms with Crippen molar-refractivity contribution in [3.05, 3.63) is 58.9 Å². The molecule has 0 bridgehead atoms. The van der Waals surface area contributed by atoms with Crippen LogP contribution in [0.15, 0.2) is 48.0 Å². The SMILES string of the molecule is CC(=O)OCCc1cnc(NC(=O)c2ccc(OS(=O)(=O)c3ncc(C)cn3)cc2)s1. The summed E-state index contributed by atoms with van der Waals surface area (Å²) in [6.45, 7) is 3.31. The molecule has 2 aromatic heterocycles. The lowest BCUT2D eigenvalue weighted by Crippen LogP contribution is -2.14. The van der Waals surface area contributed by atoms with Gasteiger partial charge < -0.3 is 8.92 Å². The van der Waals surface area contributed by atoms with E-state index in [1.54, 1.807) is 13.1 Å². The molecule has 0 saturated heterocycles. The molecule has 0 unspecified atom stereocenters. The second-order valence-corrected chi connectivity index (χ2v) is 8.84. The van der Waals surface area contributed by atoms with Crippen molar-refractivity contribution in [3.8, 4) is 5.75 Å². The molecular weight excluding hydrogens is 444 g/mol. The number of nitrogens with one attached hydrogen (secondary N) is 1. The molecule has 1 amide bonds. The third kappa shape index (κ3) is 6.30. The van der Waals surface area contributed by atoms with Crippen molar-refractivity contribution in [1.29, 1.82) is 0 Å². The van der Waals surface area contributed by atoms with Crippen LogP contribution in [0.5, 0.6) is 5.75 Å². The van der Waals surface area contributed by atoms with Gasteiger partial charge in [0.2, 0.25) is 0 Å². The first-order chi connectivity index (χ1) is 14.7.